The van der Waals surface area contributed by atoms with Gasteiger partial charge in [0, 0.05) is 5.54 Å². The fourth-order valence-electron chi connectivity index (χ4n) is 2.00. The van der Waals surface area contributed by atoms with E-state index in [-0.39, 0.29) is 16.1 Å². The normalized spacial score (nSPS) is 17.6. The van der Waals surface area contributed by atoms with E-state index in [9.17, 15) is 4.79 Å². The highest BCUT2D eigenvalue weighted by Crippen LogP contribution is 2.36. The summed E-state index contributed by atoms with van der Waals surface area (Å²) in [5.41, 5.74) is 0.800. The van der Waals surface area contributed by atoms with E-state index in [1.54, 1.807) is 18.2 Å². The van der Waals surface area contributed by atoms with Gasteiger partial charge in [0.05, 0.1) is 10.7 Å². The summed E-state index contributed by atoms with van der Waals surface area (Å²) >= 11 is 5.89. The van der Waals surface area contributed by atoms with Gasteiger partial charge in [-0.15, -0.1) is 0 Å². The smallest absolute Gasteiger partial charge is 0.339 e. The van der Waals surface area contributed by atoms with Gasteiger partial charge in [0.15, 0.2) is 0 Å². The molecule has 16 heavy (non-hydrogen) atoms. The first-order valence-corrected chi connectivity index (χ1v) is 5.70. The number of carboxylic acids is 1. The van der Waals surface area contributed by atoms with Gasteiger partial charge in [-0.3, -0.25) is 0 Å². The van der Waals surface area contributed by atoms with Gasteiger partial charge in [0.1, 0.15) is 5.56 Å². The average Bonchev–Trinajstić information content (AvgIpc) is 2.14. The van der Waals surface area contributed by atoms with Crippen molar-refractivity contribution >= 4 is 23.3 Å². The number of carbonyl (C=O) groups is 1. The number of hydrogen-bond donors (Lipinski definition) is 2. The van der Waals surface area contributed by atoms with E-state index in [4.69, 9.17) is 16.7 Å². The van der Waals surface area contributed by atoms with Crippen molar-refractivity contribution in [3.8, 4) is 0 Å². The Kier molecular flexibility index (Phi) is 2.80. The Hall–Kier alpha value is -1.22. The maximum Gasteiger partial charge on any atom is 0.339 e. The van der Waals surface area contributed by atoms with Gasteiger partial charge in [0.25, 0.3) is 0 Å². The summed E-state index contributed by atoms with van der Waals surface area (Å²) in [5, 5.41) is 12.7. The molecule has 2 N–H and O–H groups in total. The van der Waals surface area contributed by atoms with E-state index in [0.29, 0.717) is 5.69 Å². The first-order valence-electron chi connectivity index (χ1n) is 5.32. The summed E-state index contributed by atoms with van der Waals surface area (Å²) in [6.45, 7) is 2.10. The maximum absolute atomic E-state index is 11.1. The second-order valence-corrected chi connectivity index (χ2v) is 4.91. The minimum Gasteiger partial charge on any atom is -0.478 e. The van der Waals surface area contributed by atoms with Crippen molar-refractivity contribution in [1.29, 1.82) is 0 Å². The van der Waals surface area contributed by atoms with Crippen molar-refractivity contribution in [2.75, 3.05) is 5.32 Å². The molecule has 0 unspecified atom stereocenters. The third-order valence-corrected chi connectivity index (χ3v) is 3.44. The lowest BCUT2D eigenvalue weighted by Gasteiger charge is -2.40. The van der Waals surface area contributed by atoms with Crippen LogP contribution >= 0.6 is 11.6 Å². The Labute approximate surface area is 99.4 Å². The summed E-state index contributed by atoms with van der Waals surface area (Å²) in [5.74, 6) is -0.990. The molecule has 0 aromatic heterocycles. The largest absolute Gasteiger partial charge is 0.478 e. The van der Waals surface area contributed by atoms with Crippen molar-refractivity contribution in [1.82, 2.24) is 0 Å². The van der Waals surface area contributed by atoms with Gasteiger partial charge in [-0.2, -0.15) is 0 Å². The van der Waals surface area contributed by atoms with E-state index in [2.05, 4.69) is 12.2 Å². The van der Waals surface area contributed by atoms with Gasteiger partial charge >= 0.3 is 5.97 Å². The highest BCUT2D eigenvalue weighted by Gasteiger charge is 2.32. The predicted molar refractivity (Wildman–Crippen MR) is 64.3 cm³/mol. The first kappa shape index (κ1) is 11.3. The molecule has 0 radical (unpaired) electrons. The molecule has 0 amide bonds. The number of aromatic carboxylic acids is 1. The Morgan fingerprint density at radius 1 is 1.50 bits per heavy atom. The van der Waals surface area contributed by atoms with Crippen molar-refractivity contribution in [3.05, 3.63) is 28.8 Å². The van der Waals surface area contributed by atoms with Crippen LogP contribution in [-0.2, 0) is 0 Å². The molecule has 1 aromatic carbocycles. The van der Waals surface area contributed by atoms with Crippen LogP contribution in [0, 0.1) is 0 Å². The molecule has 0 heterocycles. The molecule has 0 saturated heterocycles. The lowest BCUT2D eigenvalue weighted by molar-refractivity contribution is 0.0698. The molecule has 0 spiro atoms. The summed E-state index contributed by atoms with van der Waals surface area (Å²) in [6.07, 6.45) is 3.32. The summed E-state index contributed by atoms with van der Waals surface area (Å²) in [7, 11) is 0. The molecule has 1 aliphatic carbocycles. The SMILES string of the molecule is CC1(Nc2cccc(Cl)c2C(=O)O)CCC1. The number of benzene rings is 1. The number of halogens is 1. The molecule has 0 aliphatic heterocycles. The summed E-state index contributed by atoms with van der Waals surface area (Å²) < 4.78 is 0. The zero-order valence-corrected chi connectivity index (χ0v) is 9.84. The Bertz CT molecular complexity index is 427. The molecule has 3 nitrogen and oxygen atoms in total. The maximum atomic E-state index is 11.1. The zero-order valence-electron chi connectivity index (χ0n) is 9.09. The number of rotatable bonds is 3. The van der Waals surface area contributed by atoms with Crippen LogP contribution in [-0.4, -0.2) is 16.6 Å². The van der Waals surface area contributed by atoms with Crippen LogP contribution in [0.15, 0.2) is 18.2 Å². The van der Waals surface area contributed by atoms with Gasteiger partial charge in [-0.25, -0.2) is 4.79 Å². The second-order valence-electron chi connectivity index (χ2n) is 4.51. The molecule has 4 heteroatoms. The number of carboxylic acid groups (broad SMARTS) is 1. The van der Waals surface area contributed by atoms with E-state index >= 15 is 0 Å². The molecule has 1 aliphatic rings. The van der Waals surface area contributed by atoms with Gasteiger partial charge in [0.2, 0.25) is 0 Å². The molecular formula is C12H14ClNO2. The molecule has 1 fully saturated rings. The number of anilines is 1. The second kappa shape index (κ2) is 3.98. The predicted octanol–water partition coefficient (Wildman–Crippen LogP) is 3.39. The molecule has 2 rings (SSSR count). The van der Waals surface area contributed by atoms with Crippen molar-refractivity contribution in [2.24, 2.45) is 0 Å². The van der Waals surface area contributed by atoms with E-state index in [1.165, 1.54) is 6.42 Å². The fourth-order valence-corrected chi connectivity index (χ4v) is 2.26. The summed E-state index contributed by atoms with van der Waals surface area (Å²) in [4.78, 5) is 11.1. The molecule has 86 valence electrons. The molecular weight excluding hydrogens is 226 g/mol. The van der Waals surface area contributed by atoms with Crippen LogP contribution in [0.25, 0.3) is 0 Å². The van der Waals surface area contributed by atoms with Crippen LogP contribution in [0.1, 0.15) is 36.5 Å². The van der Waals surface area contributed by atoms with Crippen LogP contribution < -0.4 is 5.32 Å². The van der Waals surface area contributed by atoms with Gasteiger partial charge in [-0.05, 0) is 38.3 Å². The minimum atomic E-state index is -0.990. The molecule has 1 aromatic rings. The standard InChI is InChI=1S/C12H14ClNO2/c1-12(6-3-7-12)14-9-5-2-4-8(13)10(9)11(15)16/h2,4-5,14H,3,6-7H2,1H3,(H,15,16). The third kappa shape index (κ3) is 2.00. The van der Waals surface area contributed by atoms with Gasteiger partial charge in [-0.1, -0.05) is 17.7 Å². The first-order chi connectivity index (χ1) is 7.52. The third-order valence-electron chi connectivity index (χ3n) is 3.12. The van der Waals surface area contributed by atoms with Crippen molar-refractivity contribution < 1.29 is 9.90 Å². The average molecular weight is 240 g/mol. The highest BCUT2D eigenvalue weighted by molar-refractivity contribution is 6.34. The van der Waals surface area contributed by atoms with Crippen LogP contribution in [0.3, 0.4) is 0 Å². The van der Waals surface area contributed by atoms with E-state index < -0.39 is 5.97 Å². The van der Waals surface area contributed by atoms with Crippen molar-refractivity contribution in [2.45, 2.75) is 31.7 Å². The zero-order chi connectivity index (χ0) is 11.8. The van der Waals surface area contributed by atoms with Crippen LogP contribution in [0.5, 0.6) is 0 Å². The lowest BCUT2D eigenvalue weighted by atomic mass is 9.78. The topological polar surface area (TPSA) is 49.3 Å². The molecule has 1 saturated carbocycles. The number of nitrogens with one attached hydrogen (secondary N) is 1. The Balaban J connectivity index is 2.32. The molecule has 0 bridgehead atoms. The van der Waals surface area contributed by atoms with E-state index in [1.807, 2.05) is 0 Å². The fraction of sp³-hybridized carbons (Fsp3) is 0.417. The van der Waals surface area contributed by atoms with Gasteiger partial charge < -0.3 is 10.4 Å². The van der Waals surface area contributed by atoms with Crippen molar-refractivity contribution in [3.63, 3.8) is 0 Å². The highest BCUT2D eigenvalue weighted by atomic mass is 35.5. The lowest BCUT2D eigenvalue weighted by Crippen LogP contribution is -2.42. The number of hydrogen-bond acceptors (Lipinski definition) is 2. The minimum absolute atomic E-state index is 0.0227. The summed E-state index contributed by atoms with van der Waals surface area (Å²) in [6, 6.07) is 5.12. The van der Waals surface area contributed by atoms with Crippen LogP contribution in [0.4, 0.5) is 5.69 Å². The quantitative estimate of drug-likeness (QED) is 0.850. The monoisotopic (exact) mass is 239 g/mol. The van der Waals surface area contributed by atoms with Crippen LogP contribution in [0.2, 0.25) is 5.02 Å². The van der Waals surface area contributed by atoms with E-state index in [0.717, 1.165) is 12.8 Å². The molecule has 0 atom stereocenters. The Morgan fingerprint density at radius 3 is 2.69 bits per heavy atom. The Morgan fingerprint density at radius 2 is 2.19 bits per heavy atom.